The molecular formula is C15H23ClN2. The molecule has 1 atom stereocenters. The number of hydrogen-bond donors (Lipinski definition) is 1. The van der Waals surface area contributed by atoms with Crippen molar-refractivity contribution in [2.24, 2.45) is 11.7 Å². The molecule has 0 aromatic heterocycles. The average Bonchev–Trinajstić information content (AvgIpc) is 2.55. The Bertz CT molecular complexity index is 392. The Morgan fingerprint density at radius 1 is 1.33 bits per heavy atom. The SMILES string of the molecule is CC1CCCN(c2c(Cl)cccc2CCN)CC1. The van der Waals surface area contributed by atoms with E-state index < -0.39 is 0 Å². The van der Waals surface area contributed by atoms with Gasteiger partial charge in [0.2, 0.25) is 0 Å². The summed E-state index contributed by atoms with van der Waals surface area (Å²) in [5.41, 5.74) is 8.21. The van der Waals surface area contributed by atoms with Gasteiger partial charge < -0.3 is 10.6 Å². The molecule has 1 unspecified atom stereocenters. The molecule has 0 bridgehead atoms. The number of rotatable bonds is 3. The van der Waals surface area contributed by atoms with Crippen LogP contribution in [0.4, 0.5) is 5.69 Å². The molecule has 100 valence electrons. The smallest absolute Gasteiger partial charge is 0.0642 e. The summed E-state index contributed by atoms with van der Waals surface area (Å²) in [6.45, 7) is 5.25. The lowest BCUT2D eigenvalue weighted by molar-refractivity contribution is 0.521. The highest BCUT2D eigenvalue weighted by molar-refractivity contribution is 6.33. The number of benzene rings is 1. The highest BCUT2D eigenvalue weighted by atomic mass is 35.5. The first-order valence-corrected chi connectivity index (χ1v) is 7.32. The van der Waals surface area contributed by atoms with Gasteiger partial charge in [-0.25, -0.2) is 0 Å². The summed E-state index contributed by atoms with van der Waals surface area (Å²) in [5, 5.41) is 0.871. The van der Waals surface area contributed by atoms with Gasteiger partial charge in [-0.05, 0) is 49.8 Å². The van der Waals surface area contributed by atoms with E-state index in [0.29, 0.717) is 6.54 Å². The minimum absolute atomic E-state index is 0.678. The Labute approximate surface area is 115 Å². The normalized spacial score (nSPS) is 20.8. The van der Waals surface area contributed by atoms with Crippen molar-refractivity contribution in [3.8, 4) is 0 Å². The fraction of sp³-hybridized carbons (Fsp3) is 0.600. The number of nitrogens with two attached hydrogens (primary N) is 1. The molecule has 1 aliphatic rings. The molecule has 3 heteroatoms. The Kier molecular flexibility index (Phi) is 4.90. The zero-order valence-electron chi connectivity index (χ0n) is 11.2. The predicted molar refractivity (Wildman–Crippen MR) is 79.4 cm³/mol. The maximum atomic E-state index is 6.41. The summed E-state index contributed by atoms with van der Waals surface area (Å²) < 4.78 is 0. The van der Waals surface area contributed by atoms with Crippen LogP contribution in [0.25, 0.3) is 0 Å². The van der Waals surface area contributed by atoms with Gasteiger partial charge in [0.1, 0.15) is 0 Å². The number of hydrogen-bond acceptors (Lipinski definition) is 2. The second-order valence-corrected chi connectivity index (χ2v) is 5.72. The first kappa shape index (κ1) is 13.7. The lowest BCUT2D eigenvalue weighted by Gasteiger charge is -2.26. The first-order chi connectivity index (χ1) is 8.72. The number of para-hydroxylation sites is 1. The van der Waals surface area contributed by atoms with Gasteiger partial charge >= 0.3 is 0 Å². The summed E-state index contributed by atoms with van der Waals surface area (Å²) in [5.74, 6) is 0.829. The van der Waals surface area contributed by atoms with Gasteiger partial charge in [0, 0.05) is 13.1 Å². The fourth-order valence-electron chi connectivity index (χ4n) is 2.76. The van der Waals surface area contributed by atoms with Crippen molar-refractivity contribution in [3.05, 3.63) is 28.8 Å². The predicted octanol–water partition coefficient (Wildman–Crippen LogP) is 3.47. The van der Waals surface area contributed by atoms with E-state index in [1.807, 2.05) is 12.1 Å². The fourth-order valence-corrected chi connectivity index (χ4v) is 3.07. The molecule has 2 rings (SSSR count). The van der Waals surface area contributed by atoms with E-state index in [-0.39, 0.29) is 0 Å². The summed E-state index contributed by atoms with van der Waals surface area (Å²) in [7, 11) is 0. The van der Waals surface area contributed by atoms with Crippen LogP contribution >= 0.6 is 11.6 Å². The van der Waals surface area contributed by atoms with Gasteiger partial charge in [0.05, 0.1) is 10.7 Å². The Hall–Kier alpha value is -0.730. The van der Waals surface area contributed by atoms with E-state index in [1.54, 1.807) is 0 Å². The second-order valence-electron chi connectivity index (χ2n) is 5.31. The van der Waals surface area contributed by atoms with Crippen LogP contribution in [0.5, 0.6) is 0 Å². The summed E-state index contributed by atoms with van der Waals surface area (Å²) >= 11 is 6.41. The van der Waals surface area contributed by atoms with Gasteiger partial charge in [0.25, 0.3) is 0 Å². The van der Waals surface area contributed by atoms with Crippen LogP contribution in [0.1, 0.15) is 31.7 Å². The molecule has 1 fully saturated rings. The van der Waals surface area contributed by atoms with Crippen molar-refractivity contribution in [1.82, 2.24) is 0 Å². The highest BCUT2D eigenvalue weighted by Gasteiger charge is 2.18. The molecule has 18 heavy (non-hydrogen) atoms. The zero-order valence-corrected chi connectivity index (χ0v) is 11.9. The van der Waals surface area contributed by atoms with Gasteiger partial charge in [-0.2, -0.15) is 0 Å². The van der Waals surface area contributed by atoms with Crippen LogP contribution in [0.3, 0.4) is 0 Å². The molecule has 0 spiro atoms. The van der Waals surface area contributed by atoms with Crippen molar-refractivity contribution in [2.75, 3.05) is 24.5 Å². The number of halogens is 1. The largest absolute Gasteiger partial charge is 0.370 e. The van der Waals surface area contributed by atoms with E-state index in [9.17, 15) is 0 Å². The minimum atomic E-state index is 0.678. The van der Waals surface area contributed by atoms with E-state index in [0.717, 1.165) is 30.5 Å². The van der Waals surface area contributed by atoms with E-state index in [4.69, 9.17) is 17.3 Å². The topological polar surface area (TPSA) is 29.3 Å². The third-order valence-corrected chi connectivity index (χ3v) is 4.12. The highest BCUT2D eigenvalue weighted by Crippen LogP contribution is 2.32. The van der Waals surface area contributed by atoms with Crippen molar-refractivity contribution in [2.45, 2.75) is 32.6 Å². The van der Waals surface area contributed by atoms with Crippen LogP contribution in [0, 0.1) is 5.92 Å². The number of anilines is 1. The van der Waals surface area contributed by atoms with Crippen molar-refractivity contribution in [3.63, 3.8) is 0 Å². The molecule has 1 aromatic carbocycles. The quantitative estimate of drug-likeness (QED) is 0.908. The van der Waals surface area contributed by atoms with Crippen LogP contribution in [-0.4, -0.2) is 19.6 Å². The van der Waals surface area contributed by atoms with Crippen molar-refractivity contribution < 1.29 is 0 Å². The lowest BCUT2D eigenvalue weighted by atomic mass is 10.0. The van der Waals surface area contributed by atoms with Crippen molar-refractivity contribution >= 4 is 17.3 Å². The van der Waals surface area contributed by atoms with Crippen LogP contribution in [0.15, 0.2) is 18.2 Å². The molecule has 0 aliphatic carbocycles. The molecule has 1 aliphatic heterocycles. The monoisotopic (exact) mass is 266 g/mol. The molecule has 1 aromatic rings. The standard InChI is InChI=1S/C15H23ClN2/c1-12-4-3-10-18(11-8-12)15-13(7-9-17)5-2-6-14(15)16/h2,5-6,12H,3-4,7-11,17H2,1H3. The molecule has 1 saturated heterocycles. The van der Waals surface area contributed by atoms with Gasteiger partial charge in [-0.3, -0.25) is 0 Å². The molecule has 0 amide bonds. The second kappa shape index (κ2) is 6.44. The van der Waals surface area contributed by atoms with Crippen molar-refractivity contribution in [1.29, 1.82) is 0 Å². The number of nitrogens with zero attached hydrogens (tertiary/aromatic N) is 1. The summed E-state index contributed by atoms with van der Waals surface area (Å²) in [4.78, 5) is 2.46. The Morgan fingerprint density at radius 2 is 2.17 bits per heavy atom. The minimum Gasteiger partial charge on any atom is -0.370 e. The lowest BCUT2D eigenvalue weighted by Crippen LogP contribution is -2.26. The molecule has 0 radical (unpaired) electrons. The maximum absolute atomic E-state index is 6.41. The summed E-state index contributed by atoms with van der Waals surface area (Å²) in [6, 6.07) is 6.17. The van der Waals surface area contributed by atoms with Crippen LogP contribution in [-0.2, 0) is 6.42 Å². The maximum Gasteiger partial charge on any atom is 0.0642 e. The molecule has 1 heterocycles. The third-order valence-electron chi connectivity index (χ3n) is 3.82. The first-order valence-electron chi connectivity index (χ1n) is 6.94. The average molecular weight is 267 g/mol. The third kappa shape index (κ3) is 3.18. The summed E-state index contributed by atoms with van der Waals surface area (Å²) in [6.07, 6.45) is 4.75. The van der Waals surface area contributed by atoms with Gasteiger partial charge in [-0.1, -0.05) is 30.7 Å². The van der Waals surface area contributed by atoms with Crippen LogP contribution < -0.4 is 10.6 Å². The van der Waals surface area contributed by atoms with E-state index in [2.05, 4.69) is 17.9 Å². The molecule has 0 saturated carbocycles. The molecule has 2 nitrogen and oxygen atoms in total. The van der Waals surface area contributed by atoms with Gasteiger partial charge in [0.15, 0.2) is 0 Å². The molecular weight excluding hydrogens is 244 g/mol. The molecule has 2 N–H and O–H groups in total. The van der Waals surface area contributed by atoms with E-state index in [1.165, 1.54) is 30.5 Å². The Morgan fingerprint density at radius 3 is 2.94 bits per heavy atom. The Balaban J connectivity index is 2.25. The van der Waals surface area contributed by atoms with Crippen LogP contribution in [0.2, 0.25) is 5.02 Å². The van der Waals surface area contributed by atoms with E-state index >= 15 is 0 Å². The van der Waals surface area contributed by atoms with Gasteiger partial charge in [-0.15, -0.1) is 0 Å². The zero-order chi connectivity index (χ0) is 13.0.